The average Bonchev–Trinajstić information content (AvgIpc) is 2.81. The van der Waals surface area contributed by atoms with Gasteiger partial charge < -0.3 is 4.90 Å². The second-order valence-electron chi connectivity index (χ2n) is 8.52. The number of amidine groups is 1. The SMILES string of the molecule is CC(C)N1CN(P(C(C)(C)C)C(C)(C)C)N=C1c1ccccc1. The summed E-state index contributed by atoms with van der Waals surface area (Å²) in [6, 6.07) is 11.0. The van der Waals surface area contributed by atoms with Crippen LogP contribution in [0.5, 0.6) is 0 Å². The number of hydrogen-bond acceptors (Lipinski definition) is 3. The summed E-state index contributed by atoms with van der Waals surface area (Å²) in [6.07, 6.45) is 0. The Hall–Kier alpha value is -1.08. The molecule has 0 fully saturated rings. The number of hydrazone groups is 1. The highest BCUT2D eigenvalue weighted by molar-refractivity contribution is 7.58. The van der Waals surface area contributed by atoms with Crippen LogP contribution >= 0.6 is 8.07 Å². The van der Waals surface area contributed by atoms with Gasteiger partial charge in [-0.2, -0.15) is 5.10 Å². The molecule has 0 radical (unpaired) electrons. The summed E-state index contributed by atoms with van der Waals surface area (Å²) in [6.45, 7) is 19.5. The van der Waals surface area contributed by atoms with Crippen molar-refractivity contribution in [1.29, 1.82) is 0 Å². The zero-order chi connectivity index (χ0) is 17.4. The van der Waals surface area contributed by atoms with Crippen LogP contribution in [0.25, 0.3) is 0 Å². The molecule has 1 aliphatic heterocycles. The zero-order valence-corrected chi connectivity index (χ0v) is 16.9. The lowest BCUT2D eigenvalue weighted by atomic mass is 10.2. The van der Waals surface area contributed by atoms with Crippen LogP contribution in [0.4, 0.5) is 0 Å². The molecule has 0 atom stereocenters. The summed E-state index contributed by atoms with van der Waals surface area (Å²) in [5.74, 6) is 1.11. The molecule has 1 aromatic rings. The van der Waals surface area contributed by atoms with Gasteiger partial charge in [0.25, 0.3) is 0 Å². The van der Waals surface area contributed by atoms with Crippen molar-refractivity contribution in [3.63, 3.8) is 0 Å². The highest BCUT2D eigenvalue weighted by Crippen LogP contribution is 2.62. The summed E-state index contributed by atoms with van der Waals surface area (Å²) in [4.78, 5) is 2.42. The van der Waals surface area contributed by atoms with Crippen molar-refractivity contribution in [3.8, 4) is 0 Å². The van der Waals surface area contributed by atoms with Crippen LogP contribution in [-0.2, 0) is 0 Å². The van der Waals surface area contributed by atoms with Crippen molar-refractivity contribution < 1.29 is 0 Å². The van der Waals surface area contributed by atoms with E-state index in [9.17, 15) is 0 Å². The van der Waals surface area contributed by atoms with Gasteiger partial charge in [-0.3, -0.25) is 4.78 Å². The van der Waals surface area contributed by atoms with E-state index in [1.165, 1.54) is 5.56 Å². The molecule has 0 saturated carbocycles. The van der Waals surface area contributed by atoms with Crippen LogP contribution in [0.1, 0.15) is 61.0 Å². The van der Waals surface area contributed by atoms with Crippen molar-refractivity contribution in [2.24, 2.45) is 5.10 Å². The van der Waals surface area contributed by atoms with Crippen molar-refractivity contribution in [1.82, 2.24) is 9.68 Å². The van der Waals surface area contributed by atoms with Gasteiger partial charge >= 0.3 is 0 Å². The maximum atomic E-state index is 5.10. The van der Waals surface area contributed by atoms with Crippen LogP contribution in [0.2, 0.25) is 0 Å². The molecular formula is C19H32N3P. The highest BCUT2D eigenvalue weighted by Gasteiger charge is 2.42. The van der Waals surface area contributed by atoms with Gasteiger partial charge in [0.15, 0.2) is 5.84 Å². The molecule has 1 aromatic carbocycles. The second kappa shape index (κ2) is 6.43. The number of nitrogens with zero attached hydrogens (tertiary/aromatic N) is 3. The lowest BCUT2D eigenvalue weighted by molar-refractivity contribution is 0.294. The van der Waals surface area contributed by atoms with Gasteiger partial charge in [0.05, 0.1) is 0 Å². The summed E-state index contributed by atoms with van der Waals surface area (Å²) < 4.78 is 2.37. The lowest BCUT2D eigenvalue weighted by Crippen LogP contribution is -2.39. The summed E-state index contributed by atoms with van der Waals surface area (Å²) >= 11 is 0. The van der Waals surface area contributed by atoms with Crippen molar-refractivity contribution in [2.75, 3.05) is 6.67 Å². The number of benzene rings is 1. The second-order valence-corrected chi connectivity index (χ2v) is 12.3. The lowest BCUT2D eigenvalue weighted by Gasteiger charge is -2.45. The van der Waals surface area contributed by atoms with E-state index < -0.39 is 8.07 Å². The maximum absolute atomic E-state index is 5.10. The van der Waals surface area contributed by atoms with Gasteiger partial charge in [-0.15, -0.1) is 0 Å². The minimum atomic E-state index is -0.408. The van der Waals surface area contributed by atoms with E-state index in [0.29, 0.717) is 6.04 Å². The first kappa shape index (κ1) is 18.3. The Labute approximate surface area is 143 Å². The third-order valence-electron chi connectivity index (χ3n) is 3.92. The summed E-state index contributed by atoms with van der Waals surface area (Å²) in [5.41, 5.74) is 1.21. The Morgan fingerprint density at radius 1 is 0.957 bits per heavy atom. The summed E-state index contributed by atoms with van der Waals surface area (Å²) in [5, 5.41) is 5.56. The van der Waals surface area contributed by atoms with E-state index in [-0.39, 0.29) is 10.3 Å². The topological polar surface area (TPSA) is 18.8 Å². The Balaban J connectivity index is 2.43. The van der Waals surface area contributed by atoms with Gasteiger partial charge in [-0.05, 0) is 13.8 Å². The monoisotopic (exact) mass is 333 g/mol. The molecule has 4 heteroatoms. The molecule has 0 unspecified atom stereocenters. The van der Waals surface area contributed by atoms with Crippen LogP contribution in [0.3, 0.4) is 0 Å². The molecule has 0 bridgehead atoms. The zero-order valence-electron chi connectivity index (χ0n) is 16.0. The van der Waals surface area contributed by atoms with E-state index in [2.05, 4.69) is 95.4 Å². The van der Waals surface area contributed by atoms with Gasteiger partial charge in [0.2, 0.25) is 0 Å². The third kappa shape index (κ3) is 4.07. The third-order valence-corrected chi connectivity index (χ3v) is 7.14. The molecular weight excluding hydrogens is 301 g/mol. The molecule has 0 aromatic heterocycles. The van der Waals surface area contributed by atoms with Gasteiger partial charge in [0, 0.05) is 30.0 Å². The molecule has 0 aliphatic carbocycles. The Bertz CT molecular complexity index is 538. The minimum absolute atomic E-state index is 0.228. The first-order chi connectivity index (χ1) is 10.5. The largest absolute Gasteiger partial charge is 0.333 e. The van der Waals surface area contributed by atoms with Crippen molar-refractivity contribution >= 4 is 13.9 Å². The predicted octanol–water partition coefficient (Wildman–Crippen LogP) is 5.33. The van der Waals surface area contributed by atoms with Crippen LogP contribution in [-0.4, -0.2) is 38.5 Å². The smallest absolute Gasteiger partial charge is 0.158 e. The van der Waals surface area contributed by atoms with E-state index in [1.807, 2.05) is 0 Å². The molecule has 0 saturated heterocycles. The maximum Gasteiger partial charge on any atom is 0.158 e. The molecule has 1 heterocycles. The Morgan fingerprint density at radius 2 is 1.48 bits per heavy atom. The molecule has 2 rings (SSSR count). The number of rotatable bonds is 3. The van der Waals surface area contributed by atoms with Crippen molar-refractivity contribution in [2.45, 2.75) is 71.7 Å². The summed E-state index contributed by atoms with van der Waals surface area (Å²) in [7, 11) is -0.408. The quantitative estimate of drug-likeness (QED) is 0.697. The Kier molecular flexibility index (Phi) is 5.11. The Morgan fingerprint density at radius 3 is 1.91 bits per heavy atom. The normalized spacial score (nSPS) is 16.5. The average molecular weight is 333 g/mol. The minimum Gasteiger partial charge on any atom is -0.333 e. The predicted molar refractivity (Wildman–Crippen MR) is 103 cm³/mol. The van der Waals surface area contributed by atoms with Crippen LogP contribution in [0, 0.1) is 0 Å². The first-order valence-electron chi connectivity index (χ1n) is 8.50. The molecule has 0 N–H and O–H groups in total. The standard InChI is InChI=1S/C19H32N3P/c1-15(2)21-14-22(23(18(3,4)5)19(6,7)8)20-17(21)16-12-10-9-11-13-16/h9-13,15H,14H2,1-8H3. The van der Waals surface area contributed by atoms with Gasteiger partial charge in [-0.1, -0.05) is 71.9 Å². The molecule has 1 aliphatic rings. The molecule has 128 valence electrons. The molecule has 0 spiro atoms. The van der Waals surface area contributed by atoms with Crippen LogP contribution in [0.15, 0.2) is 35.4 Å². The van der Waals surface area contributed by atoms with Crippen molar-refractivity contribution in [3.05, 3.63) is 35.9 Å². The fraction of sp³-hybridized carbons (Fsp3) is 0.632. The van der Waals surface area contributed by atoms with E-state index in [4.69, 9.17) is 5.10 Å². The molecule has 23 heavy (non-hydrogen) atoms. The molecule has 0 amide bonds. The first-order valence-corrected chi connectivity index (χ1v) is 9.79. The van der Waals surface area contributed by atoms with E-state index in [0.717, 1.165) is 12.5 Å². The van der Waals surface area contributed by atoms with Gasteiger partial charge in [0.1, 0.15) is 6.67 Å². The highest BCUT2D eigenvalue weighted by atomic mass is 31.1. The number of hydrogen-bond donors (Lipinski definition) is 0. The van der Waals surface area contributed by atoms with E-state index in [1.54, 1.807) is 0 Å². The van der Waals surface area contributed by atoms with Gasteiger partial charge in [-0.25, -0.2) is 0 Å². The van der Waals surface area contributed by atoms with Crippen LogP contribution < -0.4 is 0 Å². The fourth-order valence-corrected chi connectivity index (χ4v) is 7.26. The van der Waals surface area contributed by atoms with E-state index >= 15 is 0 Å². The fourth-order valence-electron chi connectivity index (χ4n) is 3.43. The molecule has 3 nitrogen and oxygen atoms in total.